The van der Waals surface area contributed by atoms with Crippen LogP contribution in [0.25, 0.3) is 0 Å². The Kier molecular flexibility index (Phi) is 7.14. The maximum atomic E-state index is 11.8. The normalized spacial score (nSPS) is 15.1. The van der Waals surface area contributed by atoms with Gasteiger partial charge in [-0.15, -0.1) is 0 Å². The van der Waals surface area contributed by atoms with Gasteiger partial charge in [-0.05, 0) is 6.92 Å². The summed E-state index contributed by atoms with van der Waals surface area (Å²) in [5.41, 5.74) is 0.376. The minimum absolute atomic E-state index is 0.109. The van der Waals surface area contributed by atoms with Gasteiger partial charge < -0.3 is 19.7 Å². The number of ether oxygens (including phenoxy) is 2. The van der Waals surface area contributed by atoms with Gasteiger partial charge >= 0.3 is 5.97 Å². The third kappa shape index (κ3) is 5.85. The summed E-state index contributed by atoms with van der Waals surface area (Å²) in [7, 11) is 0. The van der Waals surface area contributed by atoms with E-state index in [4.69, 9.17) is 9.47 Å². The molecule has 1 amide bonds. The van der Waals surface area contributed by atoms with E-state index in [0.717, 1.165) is 0 Å². The Bertz CT molecular complexity index is 325. The summed E-state index contributed by atoms with van der Waals surface area (Å²) >= 11 is 0. The Morgan fingerprint density at radius 3 is 2.68 bits per heavy atom. The number of morpholine rings is 1. The Labute approximate surface area is 113 Å². The SMILES string of the molecule is C=C(CNCCC(=O)N1CCOCC1)C(=O)OCC. The number of rotatable bonds is 7. The van der Waals surface area contributed by atoms with Gasteiger partial charge in [0.15, 0.2) is 0 Å². The number of nitrogens with one attached hydrogen (secondary N) is 1. The molecule has 0 aliphatic carbocycles. The van der Waals surface area contributed by atoms with Crippen LogP contribution in [0.15, 0.2) is 12.2 Å². The lowest BCUT2D eigenvalue weighted by Crippen LogP contribution is -2.41. The fourth-order valence-electron chi connectivity index (χ4n) is 1.71. The van der Waals surface area contributed by atoms with Gasteiger partial charge in [-0.2, -0.15) is 0 Å². The lowest BCUT2D eigenvalue weighted by atomic mass is 10.3. The predicted molar refractivity (Wildman–Crippen MR) is 70.7 cm³/mol. The second-order valence-corrected chi connectivity index (χ2v) is 4.24. The minimum atomic E-state index is -0.394. The van der Waals surface area contributed by atoms with E-state index in [1.807, 2.05) is 0 Å². The highest BCUT2D eigenvalue weighted by Crippen LogP contribution is 1.99. The third-order valence-corrected chi connectivity index (χ3v) is 2.78. The summed E-state index contributed by atoms with van der Waals surface area (Å²) in [4.78, 5) is 24.9. The second kappa shape index (κ2) is 8.66. The van der Waals surface area contributed by atoms with Crippen molar-refractivity contribution in [2.75, 3.05) is 46.0 Å². The molecule has 0 radical (unpaired) electrons. The van der Waals surface area contributed by atoms with Crippen molar-refractivity contribution in [3.63, 3.8) is 0 Å². The molecule has 108 valence electrons. The molecule has 1 rings (SSSR count). The fraction of sp³-hybridized carbons (Fsp3) is 0.692. The van der Waals surface area contributed by atoms with Crippen LogP contribution in [0.1, 0.15) is 13.3 Å². The number of carbonyl (C=O) groups is 2. The molecule has 6 heteroatoms. The molecule has 1 fully saturated rings. The molecular weight excluding hydrogens is 248 g/mol. The first kappa shape index (κ1) is 15.7. The number of nitrogens with zero attached hydrogens (tertiary/aromatic N) is 1. The van der Waals surface area contributed by atoms with Crippen molar-refractivity contribution in [3.8, 4) is 0 Å². The molecule has 0 saturated carbocycles. The maximum Gasteiger partial charge on any atom is 0.334 e. The number of hydrogen-bond acceptors (Lipinski definition) is 5. The van der Waals surface area contributed by atoms with Gasteiger partial charge in [-0.25, -0.2) is 4.79 Å². The number of carbonyl (C=O) groups excluding carboxylic acids is 2. The third-order valence-electron chi connectivity index (χ3n) is 2.78. The molecule has 0 aromatic carbocycles. The molecule has 0 aromatic heterocycles. The summed E-state index contributed by atoms with van der Waals surface area (Å²) in [6, 6.07) is 0. The second-order valence-electron chi connectivity index (χ2n) is 4.24. The topological polar surface area (TPSA) is 67.9 Å². The van der Waals surface area contributed by atoms with Gasteiger partial charge in [0.05, 0.1) is 19.8 Å². The van der Waals surface area contributed by atoms with E-state index >= 15 is 0 Å². The number of hydrogen-bond donors (Lipinski definition) is 1. The molecule has 1 aliphatic rings. The van der Waals surface area contributed by atoms with Crippen molar-refractivity contribution in [2.24, 2.45) is 0 Å². The van der Waals surface area contributed by atoms with Gasteiger partial charge in [0.25, 0.3) is 0 Å². The summed E-state index contributed by atoms with van der Waals surface area (Å²) < 4.78 is 9.99. The van der Waals surface area contributed by atoms with Crippen LogP contribution < -0.4 is 5.32 Å². The lowest BCUT2D eigenvalue weighted by molar-refractivity contribution is -0.138. The minimum Gasteiger partial charge on any atom is -0.463 e. The molecule has 6 nitrogen and oxygen atoms in total. The van der Waals surface area contributed by atoms with Crippen LogP contribution in [0, 0.1) is 0 Å². The Morgan fingerprint density at radius 2 is 2.05 bits per heavy atom. The van der Waals surface area contributed by atoms with Gasteiger partial charge in [-0.3, -0.25) is 4.79 Å². The molecule has 1 N–H and O–H groups in total. The molecule has 1 saturated heterocycles. The zero-order valence-corrected chi connectivity index (χ0v) is 11.4. The molecule has 1 heterocycles. The van der Waals surface area contributed by atoms with Crippen LogP contribution in [0.4, 0.5) is 0 Å². The van der Waals surface area contributed by atoms with Crippen molar-refractivity contribution in [2.45, 2.75) is 13.3 Å². The molecular formula is C13H22N2O4. The van der Waals surface area contributed by atoms with E-state index < -0.39 is 5.97 Å². The predicted octanol–water partition coefficient (Wildman–Crippen LogP) is -0.0558. The zero-order valence-electron chi connectivity index (χ0n) is 11.4. The van der Waals surface area contributed by atoms with Gasteiger partial charge in [0.2, 0.25) is 5.91 Å². The van der Waals surface area contributed by atoms with Crippen molar-refractivity contribution < 1.29 is 19.1 Å². The lowest BCUT2D eigenvalue weighted by Gasteiger charge is -2.26. The van der Waals surface area contributed by atoms with Crippen LogP contribution in [-0.4, -0.2) is 62.8 Å². The molecule has 1 aliphatic heterocycles. The largest absolute Gasteiger partial charge is 0.463 e. The van der Waals surface area contributed by atoms with Crippen LogP contribution in [-0.2, 0) is 19.1 Å². The molecule has 19 heavy (non-hydrogen) atoms. The van der Waals surface area contributed by atoms with Crippen LogP contribution >= 0.6 is 0 Å². The summed E-state index contributed by atoms with van der Waals surface area (Å²) in [5.74, 6) is -0.285. The average molecular weight is 270 g/mol. The monoisotopic (exact) mass is 270 g/mol. The van der Waals surface area contributed by atoms with Crippen molar-refractivity contribution in [1.29, 1.82) is 0 Å². The first-order chi connectivity index (χ1) is 9.15. The van der Waals surface area contributed by atoms with E-state index in [1.165, 1.54) is 0 Å². The van der Waals surface area contributed by atoms with Gasteiger partial charge in [-0.1, -0.05) is 6.58 Å². The fourth-order valence-corrected chi connectivity index (χ4v) is 1.71. The molecule has 0 unspecified atom stereocenters. The summed E-state index contributed by atoms with van der Waals surface area (Å²) in [5, 5.41) is 3.02. The quantitative estimate of drug-likeness (QED) is 0.399. The first-order valence-corrected chi connectivity index (χ1v) is 6.56. The van der Waals surface area contributed by atoms with E-state index in [-0.39, 0.29) is 5.91 Å². The van der Waals surface area contributed by atoms with Crippen LogP contribution in [0.3, 0.4) is 0 Å². The van der Waals surface area contributed by atoms with Gasteiger partial charge in [0.1, 0.15) is 0 Å². The first-order valence-electron chi connectivity index (χ1n) is 6.56. The Hall–Kier alpha value is -1.40. The van der Waals surface area contributed by atoms with E-state index in [9.17, 15) is 9.59 Å². The van der Waals surface area contributed by atoms with Crippen LogP contribution in [0.2, 0.25) is 0 Å². The van der Waals surface area contributed by atoms with Crippen molar-refractivity contribution in [1.82, 2.24) is 10.2 Å². The highest BCUT2D eigenvalue weighted by atomic mass is 16.5. The average Bonchev–Trinajstić information content (AvgIpc) is 2.44. The Morgan fingerprint density at radius 1 is 1.37 bits per heavy atom. The molecule has 0 bridgehead atoms. The summed E-state index contributed by atoms with van der Waals surface area (Å²) in [6.07, 6.45) is 0.413. The van der Waals surface area contributed by atoms with E-state index in [1.54, 1.807) is 11.8 Å². The van der Waals surface area contributed by atoms with Crippen LogP contribution in [0.5, 0.6) is 0 Å². The van der Waals surface area contributed by atoms with Gasteiger partial charge in [0, 0.05) is 38.2 Å². The Balaban J connectivity index is 2.11. The van der Waals surface area contributed by atoms with E-state index in [0.29, 0.717) is 58.0 Å². The number of esters is 1. The zero-order chi connectivity index (χ0) is 14.1. The maximum absolute atomic E-state index is 11.8. The molecule has 0 aromatic rings. The molecule has 0 spiro atoms. The van der Waals surface area contributed by atoms with E-state index in [2.05, 4.69) is 11.9 Å². The number of amides is 1. The molecule has 0 atom stereocenters. The summed E-state index contributed by atoms with van der Waals surface area (Å²) in [6.45, 7) is 9.13. The standard InChI is InChI=1S/C13H22N2O4/c1-3-19-13(17)11(2)10-14-5-4-12(16)15-6-8-18-9-7-15/h14H,2-10H2,1H3. The highest BCUT2D eigenvalue weighted by molar-refractivity contribution is 5.88. The van der Waals surface area contributed by atoms with Crippen molar-refractivity contribution >= 4 is 11.9 Å². The smallest absolute Gasteiger partial charge is 0.334 e. The van der Waals surface area contributed by atoms with Crippen molar-refractivity contribution in [3.05, 3.63) is 12.2 Å². The highest BCUT2D eigenvalue weighted by Gasteiger charge is 2.16.